The highest BCUT2D eigenvalue weighted by Crippen LogP contribution is 2.44. The Bertz CT molecular complexity index is 2050. The van der Waals surface area contributed by atoms with Crippen LogP contribution < -0.4 is 9.64 Å². The highest BCUT2D eigenvalue weighted by atomic mass is 19.1. The average molecular weight is 667 g/mol. The molecule has 4 atom stereocenters. The Morgan fingerprint density at radius 2 is 2.04 bits per heavy atom. The third-order valence-corrected chi connectivity index (χ3v) is 11.1. The van der Waals surface area contributed by atoms with Crippen molar-refractivity contribution in [3.63, 3.8) is 0 Å². The molecule has 4 aliphatic rings. The molecule has 5 heterocycles. The number of likely N-dealkylation sites (N-methyl/N-ethyl adjacent to an activating group) is 1. The van der Waals surface area contributed by atoms with Crippen LogP contribution in [-0.4, -0.2) is 87.7 Å². The number of ether oxygens (including phenoxy) is 1. The first-order valence-corrected chi connectivity index (χ1v) is 16.9. The second-order valence-corrected chi connectivity index (χ2v) is 13.9. The SMILES string of the molecule is C#Cc1c(F)ccc2cccc(-c3ncc4c(N(C)[C@@H]5CCN(C(=O)C=C)[C@@H]5C5CC5)nc(OC[C@@]56CCCN5C[C@H](F)C6)nc4c3F)c12. The van der Waals surface area contributed by atoms with E-state index < -0.39 is 23.3 Å². The van der Waals surface area contributed by atoms with Gasteiger partial charge in [0.2, 0.25) is 5.91 Å². The molecule has 8 rings (SSSR count). The van der Waals surface area contributed by atoms with Crippen molar-refractivity contribution in [1.82, 2.24) is 24.8 Å². The zero-order valence-corrected chi connectivity index (χ0v) is 27.3. The highest BCUT2D eigenvalue weighted by molar-refractivity contribution is 6.02. The Morgan fingerprint density at radius 3 is 2.82 bits per heavy atom. The minimum atomic E-state index is -0.935. The molecule has 3 saturated heterocycles. The van der Waals surface area contributed by atoms with Crippen molar-refractivity contribution in [2.45, 2.75) is 62.3 Å². The molecule has 2 aromatic carbocycles. The second-order valence-electron chi connectivity index (χ2n) is 13.9. The van der Waals surface area contributed by atoms with E-state index in [1.807, 2.05) is 16.8 Å². The third-order valence-electron chi connectivity index (χ3n) is 11.1. The topological polar surface area (TPSA) is 74.7 Å². The first kappa shape index (κ1) is 31.6. The number of alkyl halides is 1. The summed E-state index contributed by atoms with van der Waals surface area (Å²) in [6.45, 7) is 5.62. The van der Waals surface area contributed by atoms with Crippen LogP contribution in [0.25, 0.3) is 32.9 Å². The van der Waals surface area contributed by atoms with E-state index in [2.05, 4.69) is 27.4 Å². The minimum Gasteiger partial charge on any atom is -0.461 e. The number of benzene rings is 2. The number of amides is 1. The molecule has 1 saturated carbocycles. The van der Waals surface area contributed by atoms with Crippen molar-refractivity contribution in [2.24, 2.45) is 5.92 Å². The Morgan fingerprint density at radius 1 is 1.20 bits per heavy atom. The standard InChI is InChI=1S/C38H37F3N6O2/c1-4-25-28(40)13-12-22-8-6-9-26(31(22)25)33-32(41)34-27(19-42-33)36(45(3)29-14-17-47(30(48)5-2)35(29)23-10-11-23)44-37(43-34)49-21-38-15-7-16-46(38)20-24(39)18-38/h1,5-6,8-9,12-13,19,23-24,29,35H,2,7,10-11,14-18,20-21H2,3H3/t24-,29-,35-,38+/m1/s1. The van der Waals surface area contributed by atoms with Gasteiger partial charge in [0.15, 0.2) is 5.82 Å². The first-order chi connectivity index (χ1) is 23.7. The summed E-state index contributed by atoms with van der Waals surface area (Å²) in [5.41, 5.74) is -0.143. The van der Waals surface area contributed by atoms with E-state index in [-0.39, 0.29) is 47.4 Å². The summed E-state index contributed by atoms with van der Waals surface area (Å²) in [5.74, 6) is 1.78. The number of hydrogen-bond acceptors (Lipinski definition) is 7. The number of nitrogens with zero attached hydrogens (tertiary/aromatic N) is 6. The van der Waals surface area contributed by atoms with Crippen LogP contribution in [0.1, 0.15) is 44.1 Å². The predicted molar refractivity (Wildman–Crippen MR) is 182 cm³/mol. The fraction of sp³-hybridized carbons (Fsp3) is 0.421. The normalized spacial score (nSPS) is 25.1. The summed E-state index contributed by atoms with van der Waals surface area (Å²) >= 11 is 0. The quantitative estimate of drug-likeness (QED) is 0.167. The van der Waals surface area contributed by atoms with Crippen LogP contribution in [0.5, 0.6) is 6.01 Å². The number of carbonyl (C=O) groups excluding carboxylic acids is 1. The van der Waals surface area contributed by atoms with Gasteiger partial charge in [-0.2, -0.15) is 9.97 Å². The highest BCUT2D eigenvalue weighted by Gasteiger charge is 2.50. The third kappa shape index (κ3) is 5.19. The molecular weight excluding hydrogens is 629 g/mol. The Kier molecular flexibility index (Phi) is 7.74. The van der Waals surface area contributed by atoms with Crippen molar-refractivity contribution in [3.05, 3.63) is 66.4 Å². The van der Waals surface area contributed by atoms with Gasteiger partial charge in [-0.25, -0.2) is 13.2 Å². The summed E-state index contributed by atoms with van der Waals surface area (Å²) in [4.78, 5) is 32.9. The number of carbonyl (C=O) groups is 1. The molecule has 4 fully saturated rings. The molecule has 8 nitrogen and oxygen atoms in total. The summed E-state index contributed by atoms with van der Waals surface area (Å²) in [7, 11) is 1.90. The lowest BCUT2D eigenvalue weighted by Gasteiger charge is -2.34. The van der Waals surface area contributed by atoms with Gasteiger partial charge < -0.3 is 14.5 Å². The van der Waals surface area contributed by atoms with E-state index in [4.69, 9.17) is 16.1 Å². The lowest BCUT2D eigenvalue weighted by molar-refractivity contribution is -0.127. The van der Waals surface area contributed by atoms with Crippen LogP contribution in [0.4, 0.5) is 19.0 Å². The minimum absolute atomic E-state index is 0.0110. The molecule has 0 radical (unpaired) electrons. The lowest BCUT2D eigenvalue weighted by atomic mass is 9.95. The van der Waals surface area contributed by atoms with Crippen LogP contribution in [0.15, 0.2) is 49.2 Å². The maximum atomic E-state index is 17.0. The molecule has 0 spiro atoms. The molecular formula is C38H37F3N6O2. The molecule has 11 heteroatoms. The largest absolute Gasteiger partial charge is 0.461 e. The van der Waals surface area contributed by atoms with Crippen LogP contribution in [0.3, 0.4) is 0 Å². The van der Waals surface area contributed by atoms with Crippen LogP contribution >= 0.6 is 0 Å². The van der Waals surface area contributed by atoms with Gasteiger partial charge in [0.25, 0.3) is 0 Å². The maximum absolute atomic E-state index is 17.0. The summed E-state index contributed by atoms with van der Waals surface area (Å²) < 4.78 is 52.7. The number of terminal acetylenes is 1. The molecule has 0 N–H and O–H groups in total. The maximum Gasteiger partial charge on any atom is 0.319 e. The van der Waals surface area contributed by atoms with Gasteiger partial charge in [0, 0.05) is 43.7 Å². The molecule has 4 aromatic rings. The number of halogens is 3. The van der Waals surface area contributed by atoms with Gasteiger partial charge >= 0.3 is 6.01 Å². The van der Waals surface area contributed by atoms with Gasteiger partial charge in [-0.05, 0) is 62.1 Å². The van der Waals surface area contributed by atoms with Gasteiger partial charge in [-0.15, -0.1) is 6.42 Å². The molecule has 1 aliphatic carbocycles. The number of fused-ring (bicyclic) bond motifs is 3. The number of anilines is 1. The van der Waals surface area contributed by atoms with E-state index in [0.29, 0.717) is 59.4 Å². The number of hydrogen-bond donors (Lipinski definition) is 0. The molecule has 0 bridgehead atoms. The monoisotopic (exact) mass is 666 g/mol. The van der Waals surface area contributed by atoms with Crippen molar-refractivity contribution in [2.75, 3.05) is 38.2 Å². The molecule has 2 aromatic heterocycles. The van der Waals surface area contributed by atoms with E-state index in [9.17, 15) is 13.6 Å². The van der Waals surface area contributed by atoms with Crippen LogP contribution in [0, 0.1) is 29.9 Å². The van der Waals surface area contributed by atoms with E-state index in [1.165, 1.54) is 18.3 Å². The van der Waals surface area contributed by atoms with Gasteiger partial charge in [-0.3, -0.25) is 14.7 Å². The van der Waals surface area contributed by atoms with Crippen molar-refractivity contribution in [1.29, 1.82) is 0 Å². The van der Waals surface area contributed by atoms with Crippen molar-refractivity contribution >= 4 is 33.4 Å². The zero-order valence-electron chi connectivity index (χ0n) is 27.3. The summed E-state index contributed by atoms with van der Waals surface area (Å²) in [5, 5.41) is 1.40. The number of aromatic nitrogens is 3. The Labute approximate surface area is 283 Å². The van der Waals surface area contributed by atoms with Gasteiger partial charge in [-0.1, -0.05) is 36.8 Å². The molecule has 3 aliphatic heterocycles. The van der Waals surface area contributed by atoms with E-state index in [1.54, 1.807) is 24.3 Å². The fourth-order valence-electron chi connectivity index (χ4n) is 8.64. The Hall–Kier alpha value is -4.69. The predicted octanol–water partition coefficient (Wildman–Crippen LogP) is 6.06. The number of likely N-dealkylation sites (tertiary alicyclic amines) is 1. The lowest BCUT2D eigenvalue weighted by Crippen LogP contribution is -2.47. The first-order valence-electron chi connectivity index (χ1n) is 16.9. The van der Waals surface area contributed by atoms with Crippen molar-refractivity contribution in [3.8, 4) is 29.6 Å². The fourth-order valence-corrected chi connectivity index (χ4v) is 8.64. The zero-order chi connectivity index (χ0) is 34.0. The molecule has 1 amide bonds. The second kappa shape index (κ2) is 12.0. The van der Waals surface area contributed by atoms with Crippen LogP contribution in [0.2, 0.25) is 0 Å². The molecule has 0 unspecified atom stereocenters. The van der Waals surface area contributed by atoms with Crippen LogP contribution in [-0.2, 0) is 4.79 Å². The average Bonchev–Trinajstić information content (AvgIpc) is 3.60. The van der Waals surface area contributed by atoms with Gasteiger partial charge in [0.05, 0.1) is 28.6 Å². The Balaban J connectivity index is 1.26. The van der Waals surface area contributed by atoms with E-state index in [0.717, 1.165) is 32.2 Å². The van der Waals surface area contributed by atoms with Crippen molar-refractivity contribution < 1.29 is 22.7 Å². The summed E-state index contributed by atoms with van der Waals surface area (Å²) in [6, 6.07) is 7.91. The summed E-state index contributed by atoms with van der Waals surface area (Å²) in [6.07, 6.45) is 12.5. The molecule has 49 heavy (non-hydrogen) atoms. The number of rotatable bonds is 8. The number of pyridine rings is 1. The smallest absolute Gasteiger partial charge is 0.319 e. The molecule has 252 valence electrons. The van der Waals surface area contributed by atoms with E-state index >= 15 is 4.39 Å². The van der Waals surface area contributed by atoms with Gasteiger partial charge in [0.1, 0.15) is 35.6 Å².